The predicted molar refractivity (Wildman–Crippen MR) is 89.7 cm³/mol. The first kappa shape index (κ1) is 15.1. The number of morpholine rings is 1. The summed E-state index contributed by atoms with van der Waals surface area (Å²) in [6, 6.07) is 4.30. The highest BCUT2D eigenvalue weighted by Gasteiger charge is 2.25. The third-order valence-electron chi connectivity index (χ3n) is 5.29. The Labute approximate surface area is 137 Å². The van der Waals surface area contributed by atoms with Crippen molar-refractivity contribution in [2.75, 3.05) is 19.7 Å². The Bertz CT molecular complexity index is 682. The van der Waals surface area contributed by atoms with Gasteiger partial charge < -0.3 is 10.1 Å². The van der Waals surface area contributed by atoms with Crippen molar-refractivity contribution in [1.82, 2.24) is 19.9 Å². The average molecular weight is 314 g/mol. The fourth-order valence-electron chi connectivity index (χ4n) is 3.89. The van der Waals surface area contributed by atoms with Crippen molar-refractivity contribution in [3.63, 3.8) is 0 Å². The lowest BCUT2D eigenvalue weighted by molar-refractivity contribution is 0.0236. The van der Waals surface area contributed by atoms with Crippen LogP contribution in [0.25, 0.3) is 5.65 Å². The summed E-state index contributed by atoms with van der Waals surface area (Å²) in [6.07, 6.45) is 5.19. The molecule has 2 aromatic heterocycles. The maximum absolute atomic E-state index is 5.94. The predicted octanol–water partition coefficient (Wildman–Crippen LogP) is 2.99. The van der Waals surface area contributed by atoms with E-state index in [4.69, 9.17) is 9.84 Å². The van der Waals surface area contributed by atoms with Crippen LogP contribution in [0, 0.1) is 12.8 Å². The van der Waals surface area contributed by atoms with Crippen molar-refractivity contribution >= 4 is 5.65 Å². The number of aromatic nitrogens is 3. The first-order chi connectivity index (χ1) is 11.2. The highest BCUT2D eigenvalue weighted by Crippen LogP contribution is 2.35. The maximum Gasteiger partial charge on any atom is 0.155 e. The van der Waals surface area contributed by atoms with Crippen molar-refractivity contribution in [2.45, 2.75) is 51.6 Å². The normalized spacial score (nSPS) is 29.0. The molecule has 0 aromatic carbocycles. The Morgan fingerprint density at radius 1 is 1.22 bits per heavy atom. The van der Waals surface area contributed by atoms with E-state index in [1.54, 1.807) is 0 Å². The Kier molecular flexibility index (Phi) is 4.07. The molecule has 1 atom stereocenters. The van der Waals surface area contributed by atoms with Crippen molar-refractivity contribution < 1.29 is 4.74 Å². The lowest BCUT2D eigenvalue weighted by Gasteiger charge is -2.25. The number of hydrogen-bond donors (Lipinski definition) is 1. The van der Waals surface area contributed by atoms with Crippen molar-refractivity contribution in [2.24, 2.45) is 5.92 Å². The van der Waals surface area contributed by atoms with Crippen LogP contribution < -0.4 is 5.32 Å². The van der Waals surface area contributed by atoms with Crippen molar-refractivity contribution in [3.05, 3.63) is 29.2 Å². The van der Waals surface area contributed by atoms with Crippen LogP contribution in [0.4, 0.5) is 0 Å². The number of nitrogens with one attached hydrogen (secondary N) is 1. The topological polar surface area (TPSA) is 51.5 Å². The molecule has 5 nitrogen and oxygen atoms in total. The Morgan fingerprint density at radius 3 is 2.78 bits per heavy atom. The monoisotopic (exact) mass is 314 g/mol. The zero-order chi connectivity index (χ0) is 15.8. The summed E-state index contributed by atoms with van der Waals surface area (Å²) in [5, 5.41) is 8.33. The number of ether oxygens (including phenoxy) is 1. The van der Waals surface area contributed by atoms with Gasteiger partial charge in [-0.15, -0.1) is 0 Å². The van der Waals surface area contributed by atoms with E-state index >= 15 is 0 Å². The van der Waals surface area contributed by atoms with Gasteiger partial charge in [0.25, 0.3) is 0 Å². The quantitative estimate of drug-likeness (QED) is 0.926. The van der Waals surface area contributed by atoms with Crippen LogP contribution in [0.5, 0.6) is 0 Å². The minimum atomic E-state index is 0.0621. The van der Waals surface area contributed by atoms with Crippen LogP contribution in [0.15, 0.2) is 12.1 Å². The van der Waals surface area contributed by atoms with Crippen LogP contribution in [0.3, 0.4) is 0 Å². The summed E-state index contributed by atoms with van der Waals surface area (Å²) >= 11 is 0. The third-order valence-corrected chi connectivity index (χ3v) is 5.29. The molecular weight excluding hydrogens is 288 g/mol. The molecule has 1 aliphatic heterocycles. The molecule has 5 heteroatoms. The molecule has 23 heavy (non-hydrogen) atoms. The molecule has 0 amide bonds. The summed E-state index contributed by atoms with van der Waals surface area (Å²) in [4.78, 5) is 4.69. The molecule has 0 spiro atoms. The highest BCUT2D eigenvalue weighted by molar-refractivity contribution is 5.43. The van der Waals surface area contributed by atoms with Gasteiger partial charge in [-0.1, -0.05) is 19.8 Å². The Balaban J connectivity index is 1.69. The van der Waals surface area contributed by atoms with Gasteiger partial charge in [0.1, 0.15) is 6.10 Å². The van der Waals surface area contributed by atoms with E-state index in [2.05, 4.69) is 36.3 Å². The highest BCUT2D eigenvalue weighted by atomic mass is 16.5. The van der Waals surface area contributed by atoms with Crippen LogP contribution in [0.1, 0.15) is 61.7 Å². The standard InChI is InChI=1S/C18H26N4O/c1-12-3-5-14(6-4-12)15-10-18-20-13(2)9-16(22(18)21-15)17-11-19-7-8-23-17/h9-10,12,14,17,19H,3-8,11H2,1-2H3/t12-,14-,17?. The maximum atomic E-state index is 5.94. The van der Waals surface area contributed by atoms with E-state index in [0.29, 0.717) is 5.92 Å². The molecule has 1 N–H and O–H groups in total. The molecular formula is C18H26N4O. The van der Waals surface area contributed by atoms with Crippen LogP contribution >= 0.6 is 0 Å². The Morgan fingerprint density at radius 2 is 2.04 bits per heavy atom. The van der Waals surface area contributed by atoms with Gasteiger partial charge in [0, 0.05) is 30.8 Å². The minimum Gasteiger partial charge on any atom is -0.369 e. The average Bonchev–Trinajstić information content (AvgIpc) is 2.99. The van der Waals surface area contributed by atoms with E-state index in [-0.39, 0.29) is 6.10 Å². The molecule has 4 rings (SSSR count). The van der Waals surface area contributed by atoms with Crippen LogP contribution in [-0.2, 0) is 4.74 Å². The molecule has 3 heterocycles. The van der Waals surface area contributed by atoms with E-state index in [1.807, 2.05) is 4.52 Å². The first-order valence-corrected chi connectivity index (χ1v) is 8.90. The lowest BCUT2D eigenvalue weighted by atomic mass is 9.81. The van der Waals surface area contributed by atoms with Gasteiger partial charge in [0.15, 0.2) is 5.65 Å². The summed E-state index contributed by atoms with van der Waals surface area (Å²) < 4.78 is 7.96. The van der Waals surface area contributed by atoms with Gasteiger partial charge >= 0.3 is 0 Å². The SMILES string of the molecule is Cc1cc(C2CNCCO2)n2nc([C@H]3CC[C@H](C)CC3)cc2n1. The second-order valence-electron chi connectivity index (χ2n) is 7.18. The van der Waals surface area contributed by atoms with Gasteiger partial charge in [-0.05, 0) is 31.7 Å². The van der Waals surface area contributed by atoms with E-state index < -0.39 is 0 Å². The molecule has 0 radical (unpaired) electrons. The molecule has 2 fully saturated rings. The molecule has 2 aromatic rings. The van der Waals surface area contributed by atoms with Gasteiger partial charge in [0.05, 0.1) is 18.0 Å². The number of hydrogen-bond acceptors (Lipinski definition) is 4. The molecule has 2 aliphatic rings. The summed E-state index contributed by atoms with van der Waals surface area (Å²) in [5.74, 6) is 1.45. The second kappa shape index (κ2) is 6.21. The zero-order valence-corrected chi connectivity index (χ0v) is 14.1. The van der Waals surface area contributed by atoms with Crippen molar-refractivity contribution in [1.29, 1.82) is 0 Å². The van der Waals surface area contributed by atoms with Gasteiger partial charge in [-0.25, -0.2) is 9.50 Å². The Hall–Kier alpha value is -1.46. The number of rotatable bonds is 2. The van der Waals surface area contributed by atoms with Crippen LogP contribution in [-0.4, -0.2) is 34.3 Å². The summed E-state index contributed by atoms with van der Waals surface area (Å²) in [7, 11) is 0. The lowest BCUT2D eigenvalue weighted by Crippen LogP contribution is -2.34. The van der Waals surface area contributed by atoms with Gasteiger partial charge in [-0.2, -0.15) is 5.10 Å². The second-order valence-corrected chi connectivity index (χ2v) is 7.18. The van der Waals surface area contributed by atoms with Crippen molar-refractivity contribution in [3.8, 4) is 0 Å². The number of nitrogens with zero attached hydrogens (tertiary/aromatic N) is 3. The fraction of sp³-hybridized carbons (Fsp3) is 0.667. The van der Waals surface area contributed by atoms with E-state index in [1.165, 1.54) is 31.4 Å². The minimum absolute atomic E-state index is 0.0621. The summed E-state index contributed by atoms with van der Waals surface area (Å²) in [5.41, 5.74) is 4.32. The summed E-state index contributed by atoms with van der Waals surface area (Å²) in [6.45, 7) is 6.93. The van der Waals surface area contributed by atoms with Gasteiger partial charge in [0.2, 0.25) is 0 Å². The zero-order valence-electron chi connectivity index (χ0n) is 14.1. The molecule has 1 unspecified atom stereocenters. The molecule has 124 valence electrons. The van der Waals surface area contributed by atoms with Crippen LogP contribution in [0.2, 0.25) is 0 Å². The largest absolute Gasteiger partial charge is 0.369 e. The third kappa shape index (κ3) is 3.00. The molecule has 1 aliphatic carbocycles. The molecule has 1 saturated heterocycles. The number of fused-ring (bicyclic) bond motifs is 1. The molecule has 0 bridgehead atoms. The fourth-order valence-corrected chi connectivity index (χ4v) is 3.89. The number of aryl methyl sites for hydroxylation is 1. The first-order valence-electron chi connectivity index (χ1n) is 8.90. The molecule has 1 saturated carbocycles. The van der Waals surface area contributed by atoms with E-state index in [0.717, 1.165) is 42.6 Å². The smallest absolute Gasteiger partial charge is 0.155 e. The van der Waals surface area contributed by atoms with Gasteiger partial charge in [-0.3, -0.25) is 0 Å². The van der Waals surface area contributed by atoms with E-state index in [9.17, 15) is 0 Å².